The largest absolute Gasteiger partial charge is 0.348 e. The molecule has 0 bridgehead atoms. The highest BCUT2D eigenvalue weighted by Gasteiger charge is 2.52. The van der Waals surface area contributed by atoms with Gasteiger partial charge in [-0.2, -0.15) is 0 Å². The number of carbonyl (C=O) groups is 2. The molecule has 2 amide bonds. The van der Waals surface area contributed by atoms with Crippen molar-refractivity contribution in [3.63, 3.8) is 0 Å². The highest BCUT2D eigenvalue weighted by Crippen LogP contribution is 2.33. The fraction of sp³-hybridized carbons (Fsp3) is 0.647. The normalized spacial score (nSPS) is 25.6. The molecule has 132 valence electrons. The number of hydrogen-bond donors (Lipinski definition) is 0. The van der Waals surface area contributed by atoms with E-state index >= 15 is 0 Å². The molecular weight excluding hydrogens is 324 g/mol. The first-order chi connectivity index (χ1) is 11.4. The van der Waals surface area contributed by atoms with Crippen LogP contribution in [0.15, 0.2) is 17.5 Å². The van der Waals surface area contributed by atoms with E-state index in [9.17, 15) is 9.59 Å². The zero-order valence-electron chi connectivity index (χ0n) is 14.7. The molecule has 2 saturated heterocycles. The van der Waals surface area contributed by atoms with Crippen molar-refractivity contribution >= 4 is 23.2 Å². The Labute approximate surface area is 147 Å². The lowest BCUT2D eigenvalue weighted by molar-refractivity contribution is -0.151. The molecule has 1 unspecified atom stereocenters. The number of nitrogens with zero attached hydrogens (tertiary/aromatic N) is 4. The summed E-state index contributed by atoms with van der Waals surface area (Å²) in [6.45, 7) is 4.24. The van der Waals surface area contributed by atoms with Gasteiger partial charge in [0.1, 0.15) is 5.54 Å². The molecule has 2 fully saturated rings. The van der Waals surface area contributed by atoms with Gasteiger partial charge >= 0.3 is 0 Å². The average molecular weight is 350 g/mol. The number of hydrogen-bond acceptors (Lipinski definition) is 5. The number of amides is 2. The van der Waals surface area contributed by atoms with Gasteiger partial charge in [-0.25, -0.2) is 0 Å². The first-order valence-electron chi connectivity index (χ1n) is 8.38. The Kier molecular flexibility index (Phi) is 4.94. The molecule has 0 radical (unpaired) electrons. The number of likely N-dealkylation sites (tertiary alicyclic amines) is 1. The van der Waals surface area contributed by atoms with Crippen LogP contribution in [-0.4, -0.2) is 90.8 Å². The smallest absolute Gasteiger partial charge is 0.244 e. The number of likely N-dealkylation sites (N-methyl/N-ethyl adjacent to an activating group) is 2. The van der Waals surface area contributed by atoms with Crippen LogP contribution in [0.4, 0.5) is 0 Å². The van der Waals surface area contributed by atoms with Crippen molar-refractivity contribution < 1.29 is 9.59 Å². The molecule has 1 aromatic rings. The molecule has 0 aromatic carbocycles. The second-order valence-corrected chi connectivity index (χ2v) is 8.04. The Morgan fingerprint density at radius 2 is 2.12 bits per heavy atom. The third-order valence-corrected chi connectivity index (χ3v) is 6.03. The summed E-state index contributed by atoms with van der Waals surface area (Å²) in [5, 5.41) is 2.09. The fourth-order valence-corrected chi connectivity index (χ4v) is 4.42. The summed E-state index contributed by atoms with van der Waals surface area (Å²) >= 11 is 1.75. The van der Waals surface area contributed by atoms with Gasteiger partial charge in [-0.05, 0) is 17.9 Å². The standard InChI is InChI=1S/C17H26N4O2S/c1-18(2)15(22)12-21-9-8-19(3)16(23)17(21)6-7-20(13-17)11-14-5-4-10-24-14/h4-5,10H,6-9,11-13H2,1-3H3. The number of thiophene rings is 1. The highest BCUT2D eigenvalue weighted by molar-refractivity contribution is 7.09. The Morgan fingerprint density at radius 1 is 1.33 bits per heavy atom. The van der Waals surface area contributed by atoms with Crippen LogP contribution >= 0.6 is 11.3 Å². The van der Waals surface area contributed by atoms with Gasteiger partial charge in [0.25, 0.3) is 0 Å². The number of piperazine rings is 1. The maximum atomic E-state index is 13.0. The third kappa shape index (κ3) is 3.20. The Bertz CT molecular complexity index is 604. The minimum absolute atomic E-state index is 0.0587. The average Bonchev–Trinajstić information content (AvgIpc) is 3.19. The predicted octanol–water partition coefficient (Wildman–Crippen LogP) is 0.555. The quantitative estimate of drug-likeness (QED) is 0.796. The molecule has 7 heteroatoms. The summed E-state index contributed by atoms with van der Waals surface area (Å²) in [5.74, 6) is 0.220. The van der Waals surface area contributed by atoms with E-state index in [0.717, 1.165) is 26.1 Å². The monoisotopic (exact) mass is 350 g/mol. The Morgan fingerprint density at radius 3 is 2.79 bits per heavy atom. The molecule has 1 atom stereocenters. The van der Waals surface area contributed by atoms with Crippen molar-refractivity contribution in [1.82, 2.24) is 19.6 Å². The molecule has 24 heavy (non-hydrogen) atoms. The van der Waals surface area contributed by atoms with Gasteiger partial charge in [0.2, 0.25) is 11.8 Å². The summed E-state index contributed by atoms with van der Waals surface area (Å²) in [4.78, 5) is 34.4. The van der Waals surface area contributed by atoms with Crippen LogP contribution < -0.4 is 0 Å². The summed E-state index contributed by atoms with van der Waals surface area (Å²) in [6, 6.07) is 4.20. The van der Waals surface area contributed by atoms with Crippen LogP contribution in [-0.2, 0) is 16.1 Å². The number of rotatable bonds is 4. The lowest BCUT2D eigenvalue weighted by Gasteiger charge is -2.46. The summed E-state index contributed by atoms with van der Waals surface area (Å²) < 4.78 is 0. The lowest BCUT2D eigenvalue weighted by Crippen LogP contribution is -2.67. The minimum Gasteiger partial charge on any atom is -0.348 e. The Balaban J connectivity index is 1.77. The predicted molar refractivity (Wildman–Crippen MR) is 94.8 cm³/mol. The van der Waals surface area contributed by atoms with Gasteiger partial charge in [0.15, 0.2) is 0 Å². The molecule has 1 aromatic heterocycles. The maximum absolute atomic E-state index is 13.0. The molecule has 0 N–H and O–H groups in total. The molecular formula is C17H26N4O2S. The summed E-state index contributed by atoms with van der Waals surface area (Å²) in [6.07, 6.45) is 0.794. The van der Waals surface area contributed by atoms with Crippen molar-refractivity contribution in [3.8, 4) is 0 Å². The minimum atomic E-state index is -0.546. The van der Waals surface area contributed by atoms with E-state index in [1.165, 1.54) is 4.88 Å². The van der Waals surface area contributed by atoms with Gasteiger partial charge in [-0.1, -0.05) is 6.07 Å². The van der Waals surface area contributed by atoms with Crippen molar-refractivity contribution in [2.24, 2.45) is 0 Å². The topological polar surface area (TPSA) is 47.1 Å². The first-order valence-corrected chi connectivity index (χ1v) is 9.26. The van der Waals surface area contributed by atoms with E-state index in [1.807, 2.05) is 11.9 Å². The van der Waals surface area contributed by atoms with Gasteiger partial charge in [0.05, 0.1) is 6.54 Å². The van der Waals surface area contributed by atoms with E-state index in [-0.39, 0.29) is 11.8 Å². The van der Waals surface area contributed by atoms with Crippen molar-refractivity contribution in [3.05, 3.63) is 22.4 Å². The SMILES string of the molecule is CN(C)C(=O)CN1CCN(C)C(=O)C12CCN(Cc1cccs1)C2. The van der Waals surface area contributed by atoms with E-state index in [4.69, 9.17) is 0 Å². The molecule has 6 nitrogen and oxygen atoms in total. The second-order valence-electron chi connectivity index (χ2n) is 7.01. The van der Waals surface area contributed by atoms with E-state index in [0.29, 0.717) is 19.6 Å². The van der Waals surface area contributed by atoms with Crippen LogP contribution in [0.2, 0.25) is 0 Å². The van der Waals surface area contributed by atoms with E-state index in [1.54, 1.807) is 30.3 Å². The van der Waals surface area contributed by atoms with Crippen LogP contribution in [0.3, 0.4) is 0 Å². The zero-order chi connectivity index (χ0) is 17.3. The highest BCUT2D eigenvalue weighted by atomic mass is 32.1. The third-order valence-electron chi connectivity index (χ3n) is 5.17. The molecule has 1 spiro atoms. The van der Waals surface area contributed by atoms with Crippen LogP contribution in [0.5, 0.6) is 0 Å². The molecule has 0 saturated carbocycles. The molecule has 0 aliphatic carbocycles. The Hall–Kier alpha value is -1.44. The van der Waals surface area contributed by atoms with E-state index in [2.05, 4.69) is 27.3 Å². The summed E-state index contributed by atoms with van der Waals surface area (Å²) in [5.41, 5.74) is -0.546. The lowest BCUT2D eigenvalue weighted by atomic mass is 9.91. The molecule has 3 rings (SSSR count). The summed E-state index contributed by atoms with van der Waals surface area (Å²) in [7, 11) is 5.41. The van der Waals surface area contributed by atoms with Crippen molar-refractivity contribution in [2.75, 3.05) is 53.9 Å². The second kappa shape index (κ2) is 6.82. The van der Waals surface area contributed by atoms with E-state index < -0.39 is 5.54 Å². The zero-order valence-corrected chi connectivity index (χ0v) is 15.5. The van der Waals surface area contributed by atoms with Crippen molar-refractivity contribution in [1.29, 1.82) is 0 Å². The van der Waals surface area contributed by atoms with Crippen molar-refractivity contribution in [2.45, 2.75) is 18.5 Å². The van der Waals surface area contributed by atoms with Crippen LogP contribution in [0, 0.1) is 0 Å². The molecule has 2 aliphatic rings. The van der Waals surface area contributed by atoms with Crippen LogP contribution in [0.1, 0.15) is 11.3 Å². The van der Waals surface area contributed by atoms with Crippen LogP contribution in [0.25, 0.3) is 0 Å². The first kappa shape index (κ1) is 17.4. The molecule has 3 heterocycles. The fourth-order valence-electron chi connectivity index (χ4n) is 3.67. The van der Waals surface area contributed by atoms with Gasteiger partial charge in [0, 0.05) is 58.7 Å². The van der Waals surface area contributed by atoms with Gasteiger partial charge in [-0.15, -0.1) is 11.3 Å². The van der Waals surface area contributed by atoms with Gasteiger partial charge in [-0.3, -0.25) is 19.4 Å². The maximum Gasteiger partial charge on any atom is 0.244 e. The number of carbonyl (C=O) groups excluding carboxylic acids is 2. The molecule has 2 aliphatic heterocycles. The van der Waals surface area contributed by atoms with Gasteiger partial charge < -0.3 is 9.80 Å².